The molecule has 0 aliphatic carbocycles. The monoisotopic (exact) mass is 406 g/mol. The number of alkyl halides is 3. The van der Waals surface area contributed by atoms with Gasteiger partial charge < -0.3 is 9.32 Å². The van der Waals surface area contributed by atoms with Crippen LogP contribution in [0.3, 0.4) is 0 Å². The molecule has 2 aromatic carbocycles. The van der Waals surface area contributed by atoms with Crippen LogP contribution in [0.4, 0.5) is 18.9 Å². The molecule has 0 N–H and O–H groups in total. The van der Waals surface area contributed by atoms with E-state index in [1.165, 1.54) is 24.5 Å². The maximum atomic E-state index is 13.2. The lowest BCUT2D eigenvalue weighted by Crippen LogP contribution is -2.37. The van der Waals surface area contributed by atoms with E-state index in [1.807, 2.05) is 24.3 Å². The van der Waals surface area contributed by atoms with Gasteiger partial charge in [-0.25, -0.2) is 4.98 Å². The summed E-state index contributed by atoms with van der Waals surface area (Å²) in [4.78, 5) is 6.42. The van der Waals surface area contributed by atoms with Crippen molar-refractivity contribution in [3.63, 3.8) is 0 Å². The van der Waals surface area contributed by atoms with Gasteiger partial charge in [0.1, 0.15) is 12.0 Å². The third kappa shape index (κ3) is 3.82. The number of benzene rings is 2. The van der Waals surface area contributed by atoms with Crippen LogP contribution >= 0.6 is 0 Å². The van der Waals surface area contributed by atoms with E-state index in [-0.39, 0.29) is 11.5 Å². The van der Waals surface area contributed by atoms with Gasteiger partial charge >= 0.3 is 6.18 Å². The highest BCUT2D eigenvalue weighted by atomic mass is 32.2. The normalized spacial score (nSPS) is 15.8. The summed E-state index contributed by atoms with van der Waals surface area (Å²) in [6, 6.07) is 12.8. The molecule has 8 heteroatoms. The first-order chi connectivity index (χ1) is 13.4. The molecule has 1 fully saturated rings. The van der Waals surface area contributed by atoms with Crippen LogP contribution < -0.4 is 4.90 Å². The van der Waals surface area contributed by atoms with Crippen LogP contribution in [0.2, 0.25) is 0 Å². The fourth-order valence-corrected chi connectivity index (χ4v) is 4.24. The van der Waals surface area contributed by atoms with E-state index in [4.69, 9.17) is 4.42 Å². The summed E-state index contributed by atoms with van der Waals surface area (Å²) in [6.07, 6.45) is -3.12. The Morgan fingerprint density at radius 1 is 1.00 bits per heavy atom. The van der Waals surface area contributed by atoms with Crippen LogP contribution in [0, 0.1) is 0 Å². The Hall–Kier alpha value is -2.61. The molecule has 28 heavy (non-hydrogen) atoms. The lowest BCUT2D eigenvalue weighted by molar-refractivity contribution is -0.137. The molecule has 3 aromatic rings. The van der Waals surface area contributed by atoms with E-state index in [0.29, 0.717) is 17.2 Å². The highest BCUT2D eigenvalue weighted by Crippen LogP contribution is 2.37. The topological polar surface area (TPSA) is 46.3 Å². The molecule has 0 bridgehead atoms. The number of hydrogen-bond donors (Lipinski definition) is 0. The van der Waals surface area contributed by atoms with Gasteiger partial charge in [0.05, 0.1) is 5.56 Å². The van der Waals surface area contributed by atoms with E-state index in [1.54, 1.807) is 0 Å². The van der Waals surface area contributed by atoms with Gasteiger partial charge in [-0.2, -0.15) is 13.2 Å². The first kappa shape index (κ1) is 18.7. The van der Waals surface area contributed by atoms with Gasteiger partial charge in [0.15, 0.2) is 0 Å². The van der Waals surface area contributed by atoms with Crippen molar-refractivity contribution in [1.82, 2.24) is 4.98 Å². The molecule has 1 aliphatic heterocycles. The van der Waals surface area contributed by atoms with Crippen molar-refractivity contribution < 1.29 is 21.8 Å². The highest BCUT2D eigenvalue weighted by molar-refractivity contribution is 7.85. The standard InChI is InChI=1S/C20H17F3N2O2S/c21-20(22,23)17-4-2-1-3-16(17)19-24-18(13-27-19)14-5-7-15(8-6-14)25-9-11-28(26)12-10-25/h1-8,13H,9-12H2. The van der Waals surface area contributed by atoms with E-state index < -0.39 is 22.5 Å². The molecule has 0 radical (unpaired) electrons. The minimum absolute atomic E-state index is 0.0643. The zero-order valence-electron chi connectivity index (χ0n) is 14.8. The van der Waals surface area contributed by atoms with Crippen LogP contribution in [0.15, 0.2) is 59.2 Å². The first-order valence-electron chi connectivity index (χ1n) is 8.74. The Morgan fingerprint density at radius 2 is 1.68 bits per heavy atom. The third-order valence-electron chi connectivity index (χ3n) is 4.67. The van der Waals surface area contributed by atoms with Gasteiger partial charge in [-0.15, -0.1) is 0 Å². The smallest absolute Gasteiger partial charge is 0.417 e. The van der Waals surface area contributed by atoms with Crippen LogP contribution in [0.5, 0.6) is 0 Å². The van der Waals surface area contributed by atoms with Crippen molar-refractivity contribution in [2.24, 2.45) is 0 Å². The molecule has 4 rings (SSSR count). The maximum Gasteiger partial charge on any atom is 0.417 e. The number of rotatable bonds is 3. The zero-order valence-corrected chi connectivity index (χ0v) is 15.6. The summed E-state index contributed by atoms with van der Waals surface area (Å²) < 4.78 is 56.5. The average Bonchev–Trinajstić information content (AvgIpc) is 3.18. The Morgan fingerprint density at radius 3 is 2.36 bits per heavy atom. The minimum atomic E-state index is -4.48. The summed E-state index contributed by atoms with van der Waals surface area (Å²) in [5, 5.41) is 0. The van der Waals surface area contributed by atoms with Crippen LogP contribution in [0.25, 0.3) is 22.7 Å². The Kier molecular flexibility index (Phi) is 4.97. The molecular weight excluding hydrogens is 389 g/mol. The molecule has 0 amide bonds. The van der Waals surface area contributed by atoms with Gasteiger partial charge in [0.2, 0.25) is 5.89 Å². The number of halogens is 3. The summed E-state index contributed by atoms with van der Waals surface area (Å²) in [5.74, 6) is 1.26. The van der Waals surface area contributed by atoms with E-state index in [9.17, 15) is 17.4 Å². The van der Waals surface area contributed by atoms with E-state index >= 15 is 0 Å². The predicted octanol–water partition coefficient (Wildman–Crippen LogP) is 4.60. The molecule has 1 saturated heterocycles. The van der Waals surface area contributed by atoms with Crippen molar-refractivity contribution in [2.75, 3.05) is 29.5 Å². The van der Waals surface area contributed by atoms with Crippen molar-refractivity contribution in [2.45, 2.75) is 6.18 Å². The summed E-state index contributed by atoms with van der Waals surface area (Å²) in [7, 11) is -0.737. The van der Waals surface area contributed by atoms with Gasteiger partial charge in [-0.1, -0.05) is 24.3 Å². The number of nitrogens with zero attached hydrogens (tertiary/aromatic N) is 2. The number of hydrogen-bond acceptors (Lipinski definition) is 4. The second-order valence-corrected chi connectivity index (χ2v) is 8.16. The van der Waals surface area contributed by atoms with Crippen molar-refractivity contribution in [1.29, 1.82) is 0 Å². The SMILES string of the molecule is O=S1CCN(c2ccc(-c3coc(-c4ccccc4C(F)(F)F)n3)cc2)CC1. The highest BCUT2D eigenvalue weighted by Gasteiger charge is 2.34. The molecule has 4 nitrogen and oxygen atoms in total. The quantitative estimate of drug-likeness (QED) is 0.638. The van der Waals surface area contributed by atoms with Crippen LogP contribution in [-0.4, -0.2) is 33.8 Å². The lowest BCUT2D eigenvalue weighted by Gasteiger charge is -2.28. The zero-order chi connectivity index (χ0) is 19.7. The third-order valence-corrected chi connectivity index (χ3v) is 5.95. The van der Waals surface area contributed by atoms with Crippen molar-refractivity contribution in [3.05, 3.63) is 60.4 Å². The van der Waals surface area contributed by atoms with Crippen LogP contribution in [-0.2, 0) is 17.0 Å². The van der Waals surface area contributed by atoms with Gasteiger partial charge in [-0.05, 0) is 24.3 Å². The van der Waals surface area contributed by atoms with Gasteiger partial charge in [-0.3, -0.25) is 4.21 Å². The van der Waals surface area contributed by atoms with Crippen molar-refractivity contribution in [3.8, 4) is 22.7 Å². The van der Waals surface area contributed by atoms with Crippen LogP contribution in [0.1, 0.15) is 5.56 Å². The molecule has 0 saturated carbocycles. The number of aromatic nitrogens is 1. The predicted molar refractivity (Wildman–Crippen MR) is 102 cm³/mol. The molecule has 0 spiro atoms. The fourth-order valence-electron chi connectivity index (χ4n) is 3.19. The van der Waals surface area contributed by atoms with E-state index in [0.717, 1.165) is 30.4 Å². The molecule has 0 unspecified atom stereocenters. The molecule has 1 aliphatic rings. The molecule has 1 aromatic heterocycles. The summed E-state index contributed by atoms with van der Waals surface area (Å²) >= 11 is 0. The molecular formula is C20H17F3N2O2S. The Balaban J connectivity index is 1.58. The largest absolute Gasteiger partial charge is 0.444 e. The molecule has 0 atom stereocenters. The second-order valence-electron chi connectivity index (χ2n) is 6.46. The Labute approximate surface area is 162 Å². The summed E-state index contributed by atoms with van der Waals surface area (Å²) in [6.45, 7) is 1.49. The van der Waals surface area contributed by atoms with Gasteiger partial charge in [0, 0.05) is 52.2 Å². The minimum Gasteiger partial charge on any atom is -0.444 e. The summed E-state index contributed by atoms with van der Waals surface area (Å²) in [5.41, 5.74) is 1.38. The maximum absolute atomic E-state index is 13.2. The first-order valence-corrected chi connectivity index (χ1v) is 10.2. The Bertz CT molecular complexity index is 989. The molecule has 2 heterocycles. The number of anilines is 1. The lowest BCUT2D eigenvalue weighted by atomic mass is 10.1. The van der Waals surface area contributed by atoms with E-state index in [2.05, 4.69) is 9.88 Å². The van der Waals surface area contributed by atoms with Gasteiger partial charge in [0.25, 0.3) is 0 Å². The van der Waals surface area contributed by atoms with Crippen molar-refractivity contribution >= 4 is 16.5 Å². The molecule has 146 valence electrons. The average molecular weight is 406 g/mol. The fraction of sp³-hybridized carbons (Fsp3) is 0.250. The second kappa shape index (κ2) is 7.43. The number of oxazole rings is 1.